The quantitative estimate of drug-likeness (QED) is 0.438. The van der Waals surface area contributed by atoms with E-state index < -0.39 is 10.0 Å². The number of ether oxygens (including phenoxy) is 2. The second kappa shape index (κ2) is 8.86. The molecule has 5 rings (SSSR count). The number of nitrogens with zero attached hydrogens (tertiary/aromatic N) is 3. The third-order valence-corrected chi connectivity index (χ3v) is 7.33. The molecule has 3 aromatic carbocycles. The standard InChI is InChI=1S/C24H20FN3O4S/c25-18-7-5-17(6-8-18)23-21-3-1-2-4-22(21)24(27-26-23)32-19-9-11-20(12-10-19)33(29,30)28-13-15-31-16-14-28/h1-12H,13-16H2. The topological polar surface area (TPSA) is 81.6 Å². The number of fused-ring (bicyclic) bond motifs is 1. The van der Waals surface area contributed by atoms with Crippen molar-refractivity contribution in [3.05, 3.63) is 78.6 Å². The van der Waals surface area contributed by atoms with Gasteiger partial charge in [0.1, 0.15) is 17.3 Å². The summed E-state index contributed by atoms with van der Waals surface area (Å²) in [5.74, 6) is 0.403. The van der Waals surface area contributed by atoms with E-state index in [9.17, 15) is 12.8 Å². The van der Waals surface area contributed by atoms with Gasteiger partial charge in [-0.05, 0) is 54.6 Å². The Morgan fingerprint density at radius 3 is 2.21 bits per heavy atom. The number of halogens is 1. The molecule has 1 aliphatic heterocycles. The normalized spacial score (nSPS) is 14.9. The summed E-state index contributed by atoms with van der Waals surface area (Å²) >= 11 is 0. The fraction of sp³-hybridized carbons (Fsp3) is 0.167. The van der Waals surface area contributed by atoms with E-state index in [1.54, 1.807) is 24.3 Å². The molecule has 2 heterocycles. The first-order valence-corrected chi connectivity index (χ1v) is 11.8. The Labute approximate surface area is 190 Å². The monoisotopic (exact) mass is 465 g/mol. The molecule has 1 aromatic heterocycles. The Morgan fingerprint density at radius 1 is 0.848 bits per heavy atom. The predicted molar refractivity (Wildman–Crippen MR) is 121 cm³/mol. The maximum Gasteiger partial charge on any atom is 0.246 e. The fourth-order valence-corrected chi connectivity index (χ4v) is 5.11. The van der Waals surface area contributed by atoms with Crippen LogP contribution in [0.3, 0.4) is 0 Å². The van der Waals surface area contributed by atoms with Gasteiger partial charge in [0.25, 0.3) is 0 Å². The Bertz CT molecular complexity index is 1390. The molecular formula is C24H20FN3O4S. The van der Waals surface area contributed by atoms with Gasteiger partial charge in [-0.25, -0.2) is 12.8 Å². The highest BCUT2D eigenvalue weighted by Crippen LogP contribution is 2.33. The first kappa shape index (κ1) is 21.4. The lowest BCUT2D eigenvalue weighted by atomic mass is 10.1. The summed E-state index contributed by atoms with van der Waals surface area (Å²) in [7, 11) is -3.58. The van der Waals surface area contributed by atoms with Crippen LogP contribution in [-0.4, -0.2) is 49.2 Å². The molecule has 33 heavy (non-hydrogen) atoms. The highest BCUT2D eigenvalue weighted by atomic mass is 32.2. The molecule has 0 atom stereocenters. The van der Waals surface area contributed by atoms with Gasteiger partial charge in [0.2, 0.25) is 15.9 Å². The molecule has 0 bridgehead atoms. The number of hydrogen-bond acceptors (Lipinski definition) is 6. The SMILES string of the molecule is O=S(=O)(c1ccc(Oc2nnc(-c3ccc(F)cc3)c3ccccc23)cc1)N1CCOCC1. The van der Waals surface area contributed by atoms with Crippen molar-refractivity contribution in [2.24, 2.45) is 0 Å². The lowest BCUT2D eigenvalue weighted by Gasteiger charge is -2.26. The van der Waals surface area contributed by atoms with Crippen LogP contribution in [0.1, 0.15) is 0 Å². The maximum atomic E-state index is 13.3. The number of rotatable bonds is 5. The van der Waals surface area contributed by atoms with Gasteiger partial charge in [0.05, 0.1) is 18.1 Å². The minimum Gasteiger partial charge on any atom is -0.437 e. The van der Waals surface area contributed by atoms with Crippen LogP contribution in [0.4, 0.5) is 4.39 Å². The number of sulfonamides is 1. The first-order valence-electron chi connectivity index (χ1n) is 10.4. The summed E-state index contributed by atoms with van der Waals surface area (Å²) in [6.45, 7) is 1.45. The Kier molecular flexibility index (Phi) is 5.76. The van der Waals surface area contributed by atoms with Crippen LogP contribution in [-0.2, 0) is 14.8 Å². The third-order valence-electron chi connectivity index (χ3n) is 5.42. The Balaban J connectivity index is 1.44. The molecule has 4 aromatic rings. The minimum absolute atomic E-state index is 0.194. The average molecular weight is 466 g/mol. The molecule has 0 N–H and O–H groups in total. The molecule has 0 spiro atoms. The van der Waals surface area contributed by atoms with Crippen molar-refractivity contribution < 1.29 is 22.3 Å². The summed E-state index contributed by atoms with van der Waals surface area (Å²) in [4.78, 5) is 0.194. The van der Waals surface area contributed by atoms with Gasteiger partial charge in [-0.15, -0.1) is 10.2 Å². The van der Waals surface area contributed by atoms with Crippen molar-refractivity contribution in [1.29, 1.82) is 0 Å². The largest absolute Gasteiger partial charge is 0.437 e. The van der Waals surface area contributed by atoms with Gasteiger partial charge < -0.3 is 9.47 Å². The number of hydrogen-bond donors (Lipinski definition) is 0. The number of aromatic nitrogens is 2. The predicted octanol–water partition coefficient (Wildman–Crippen LogP) is 4.25. The van der Waals surface area contributed by atoms with Crippen molar-refractivity contribution in [3.63, 3.8) is 0 Å². The molecule has 7 nitrogen and oxygen atoms in total. The fourth-order valence-electron chi connectivity index (χ4n) is 3.70. The highest BCUT2D eigenvalue weighted by molar-refractivity contribution is 7.89. The Morgan fingerprint density at radius 2 is 1.52 bits per heavy atom. The van der Waals surface area contributed by atoms with Gasteiger partial charge in [0, 0.05) is 29.4 Å². The zero-order valence-electron chi connectivity index (χ0n) is 17.5. The van der Waals surface area contributed by atoms with Crippen molar-refractivity contribution >= 4 is 20.8 Å². The third kappa shape index (κ3) is 4.30. The summed E-state index contributed by atoms with van der Waals surface area (Å²) in [6.07, 6.45) is 0. The van der Waals surface area contributed by atoms with Crippen LogP contribution in [0.5, 0.6) is 11.6 Å². The second-order valence-corrected chi connectivity index (χ2v) is 9.43. The van der Waals surface area contributed by atoms with Gasteiger partial charge in [0.15, 0.2) is 0 Å². The molecule has 1 aliphatic rings. The van der Waals surface area contributed by atoms with Gasteiger partial charge in [-0.2, -0.15) is 4.31 Å². The van der Waals surface area contributed by atoms with E-state index in [4.69, 9.17) is 9.47 Å². The molecule has 168 valence electrons. The zero-order chi connectivity index (χ0) is 22.8. The molecule has 1 fully saturated rings. The lowest BCUT2D eigenvalue weighted by molar-refractivity contribution is 0.0730. The van der Waals surface area contributed by atoms with Gasteiger partial charge >= 0.3 is 0 Å². The second-order valence-electron chi connectivity index (χ2n) is 7.50. The zero-order valence-corrected chi connectivity index (χ0v) is 18.3. The van der Waals surface area contributed by atoms with Crippen molar-refractivity contribution in [3.8, 4) is 22.9 Å². The summed E-state index contributed by atoms with van der Waals surface area (Å²) in [6, 6.07) is 19.8. The Hall–Kier alpha value is -3.40. The molecule has 0 saturated carbocycles. The first-order chi connectivity index (χ1) is 16.0. The van der Waals surface area contributed by atoms with E-state index in [-0.39, 0.29) is 10.7 Å². The smallest absolute Gasteiger partial charge is 0.246 e. The van der Waals surface area contributed by atoms with E-state index in [1.807, 2.05) is 24.3 Å². The molecule has 0 aliphatic carbocycles. The van der Waals surface area contributed by atoms with Crippen LogP contribution < -0.4 is 4.74 Å². The van der Waals surface area contributed by atoms with Crippen molar-refractivity contribution in [1.82, 2.24) is 14.5 Å². The molecule has 9 heteroatoms. The average Bonchev–Trinajstić information content (AvgIpc) is 2.86. The van der Waals surface area contributed by atoms with E-state index >= 15 is 0 Å². The van der Waals surface area contributed by atoms with E-state index in [1.165, 1.54) is 28.6 Å². The molecule has 0 radical (unpaired) electrons. The van der Waals surface area contributed by atoms with Crippen LogP contribution in [0.15, 0.2) is 77.7 Å². The van der Waals surface area contributed by atoms with E-state index in [2.05, 4.69) is 10.2 Å². The van der Waals surface area contributed by atoms with Crippen LogP contribution in [0.2, 0.25) is 0 Å². The van der Waals surface area contributed by atoms with E-state index in [0.717, 1.165) is 16.3 Å². The molecule has 1 saturated heterocycles. The lowest BCUT2D eigenvalue weighted by Crippen LogP contribution is -2.40. The maximum absolute atomic E-state index is 13.3. The van der Waals surface area contributed by atoms with Crippen LogP contribution >= 0.6 is 0 Å². The highest BCUT2D eigenvalue weighted by Gasteiger charge is 2.26. The number of benzene rings is 3. The molecule has 0 amide bonds. The summed E-state index contributed by atoms with van der Waals surface area (Å²) in [5.41, 5.74) is 1.36. The van der Waals surface area contributed by atoms with E-state index in [0.29, 0.717) is 43.6 Å². The van der Waals surface area contributed by atoms with Gasteiger partial charge in [-0.3, -0.25) is 0 Å². The number of morpholine rings is 1. The van der Waals surface area contributed by atoms with Crippen LogP contribution in [0.25, 0.3) is 22.0 Å². The molecular weight excluding hydrogens is 445 g/mol. The minimum atomic E-state index is -3.58. The van der Waals surface area contributed by atoms with Gasteiger partial charge in [-0.1, -0.05) is 18.2 Å². The summed E-state index contributed by atoms with van der Waals surface area (Å²) < 4.78 is 51.6. The summed E-state index contributed by atoms with van der Waals surface area (Å²) in [5, 5.41) is 10.1. The van der Waals surface area contributed by atoms with Crippen molar-refractivity contribution in [2.45, 2.75) is 4.90 Å². The van der Waals surface area contributed by atoms with Crippen LogP contribution in [0, 0.1) is 5.82 Å². The van der Waals surface area contributed by atoms with Crippen molar-refractivity contribution in [2.75, 3.05) is 26.3 Å². The molecule has 0 unspecified atom stereocenters.